The van der Waals surface area contributed by atoms with Crippen LogP contribution in [0, 0.1) is 11.3 Å². The topological polar surface area (TPSA) is 55.1 Å². The van der Waals surface area contributed by atoms with Gasteiger partial charge in [-0.15, -0.1) is 0 Å². The number of hydrogen-bond donors (Lipinski definition) is 2. The van der Waals surface area contributed by atoms with Crippen LogP contribution in [0.15, 0.2) is 0 Å². The Kier molecular flexibility index (Phi) is 6.17. The molecule has 3 heteroatoms. The second-order valence-electron chi connectivity index (χ2n) is 6.82. The van der Waals surface area contributed by atoms with E-state index in [0.717, 1.165) is 19.3 Å². The molecule has 0 heterocycles. The predicted molar refractivity (Wildman–Crippen MR) is 73.7 cm³/mol. The van der Waals surface area contributed by atoms with Crippen LogP contribution < -0.4 is 11.1 Å². The molecule has 0 aromatic carbocycles. The van der Waals surface area contributed by atoms with Gasteiger partial charge < -0.3 is 11.1 Å². The van der Waals surface area contributed by atoms with Crippen LogP contribution in [-0.4, -0.2) is 18.0 Å². The Morgan fingerprint density at radius 1 is 1.24 bits per heavy atom. The molecular formula is C14H30N2O. The molecule has 0 saturated carbocycles. The number of nitrogens with two attached hydrogens (primary N) is 1. The summed E-state index contributed by atoms with van der Waals surface area (Å²) in [6, 6.07) is 0. The van der Waals surface area contributed by atoms with E-state index in [1.165, 1.54) is 0 Å². The number of hydrogen-bond acceptors (Lipinski definition) is 2. The smallest absolute Gasteiger partial charge is 0.224 e. The highest BCUT2D eigenvalue weighted by atomic mass is 16.2. The Bertz CT molecular complexity index is 241. The van der Waals surface area contributed by atoms with Crippen molar-refractivity contribution in [3.63, 3.8) is 0 Å². The molecule has 1 amide bonds. The predicted octanol–water partition coefficient (Wildman–Crippen LogP) is 2.69. The van der Waals surface area contributed by atoms with Gasteiger partial charge in [-0.05, 0) is 32.1 Å². The normalized spacial score (nSPS) is 14.5. The van der Waals surface area contributed by atoms with Gasteiger partial charge in [-0.3, -0.25) is 4.79 Å². The van der Waals surface area contributed by atoms with Crippen LogP contribution in [-0.2, 0) is 4.79 Å². The molecule has 0 spiro atoms. The SMILES string of the molecule is CCCC(C)(C)NC(=O)C(CN)CC(C)(C)C. The van der Waals surface area contributed by atoms with Crippen molar-refractivity contribution in [3.8, 4) is 0 Å². The zero-order chi connectivity index (χ0) is 13.7. The maximum absolute atomic E-state index is 12.2. The van der Waals surface area contributed by atoms with Crippen molar-refractivity contribution >= 4 is 5.91 Å². The highest BCUT2D eigenvalue weighted by Gasteiger charge is 2.27. The van der Waals surface area contributed by atoms with Crippen LogP contribution >= 0.6 is 0 Å². The molecule has 0 radical (unpaired) electrons. The van der Waals surface area contributed by atoms with E-state index in [-0.39, 0.29) is 22.8 Å². The van der Waals surface area contributed by atoms with Crippen LogP contribution in [0.2, 0.25) is 0 Å². The second-order valence-corrected chi connectivity index (χ2v) is 6.82. The van der Waals surface area contributed by atoms with E-state index in [4.69, 9.17) is 5.73 Å². The maximum atomic E-state index is 12.2. The molecular weight excluding hydrogens is 212 g/mol. The lowest BCUT2D eigenvalue weighted by atomic mass is 9.83. The third-order valence-electron chi connectivity index (χ3n) is 2.85. The van der Waals surface area contributed by atoms with E-state index in [0.29, 0.717) is 6.54 Å². The van der Waals surface area contributed by atoms with Gasteiger partial charge in [-0.2, -0.15) is 0 Å². The number of rotatable bonds is 6. The van der Waals surface area contributed by atoms with Crippen molar-refractivity contribution in [1.29, 1.82) is 0 Å². The molecule has 0 aliphatic heterocycles. The van der Waals surface area contributed by atoms with E-state index in [9.17, 15) is 4.79 Å². The van der Waals surface area contributed by atoms with Gasteiger partial charge in [0.2, 0.25) is 5.91 Å². The number of amides is 1. The molecule has 1 atom stereocenters. The molecule has 0 rings (SSSR count). The van der Waals surface area contributed by atoms with Gasteiger partial charge in [0.15, 0.2) is 0 Å². The first-order chi connectivity index (χ1) is 7.61. The summed E-state index contributed by atoms with van der Waals surface area (Å²) in [7, 11) is 0. The zero-order valence-electron chi connectivity index (χ0n) is 12.4. The summed E-state index contributed by atoms with van der Waals surface area (Å²) < 4.78 is 0. The van der Waals surface area contributed by atoms with Crippen LogP contribution in [0.5, 0.6) is 0 Å². The van der Waals surface area contributed by atoms with Crippen molar-refractivity contribution in [2.24, 2.45) is 17.1 Å². The summed E-state index contributed by atoms with van der Waals surface area (Å²) in [5.41, 5.74) is 5.72. The van der Waals surface area contributed by atoms with Gasteiger partial charge in [0.25, 0.3) is 0 Å². The van der Waals surface area contributed by atoms with Crippen LogP contribution in [0.1, 0.15) is 60.8 Å². The monoisotopic (exact) mass is 242 g/mol. The lowest BCUT2D eigenvalue weighted by Crippen LogP contribution is -2.48. The summed E-state index contributed by atoms with van der Waals surface area (Å²) >= 11 is 0. The molecule has 0 saturated heterocycles. The Hall–Kier alpha value is -0.570. The quantitative estimate of drug-likeness (QED) is 0.752. The molecule has 0 fully saturated rings. The van der Waals surface area contributed by atoms with E-state index in [1.54, 1.807) is 0 Å². The highest BCUT2D eigenvalue weighted by Crippen LogP contribution is 2.24. The van der Waals surface area contributed by atoms with E-state index in [1.807, 2.05) is 0 Å². The molecule has 17 heavy (non-hydrogen) atoms. The summed E-state index contributed by atoms with van der Waals surface area (Å²) in [6.45, 7) is 13.1. The van der Waals surface area contributed by atoms with Crippen molar-refractivity contribution in [1.82, 2.24) is 5.32 Å². The summed E-state index contributed by atoms with van der Waals surface area (Å²) in [6.07, 6.45) is 2.89. The third kappa shape index (κ3) is 7.37. The highest BCUT2D eigenvalue weighted by molar-refractivity contribution is 5.79. The molecule has 0 aromatic heterocycles. The van der Waals surface area contributed by atoms with Gasteiger partial charge in [0, 0.05) is 12.1 Å². The number of nitrogens with one attached hydrogen (secondary N) is 1. The molecule has 1 unspecified atom stereocenters. The van der Waals surface area contributed by atoms with Gasteiger partial charge in [0.1, 0.15) is 0 Å². The average Bonchev–Trinajstić information content (AvgIpc) is 2.11. The largest absolute Gasteiger partial charge is 0.351 e. The number of carbonyl (C=O) groups is 1. The zero-order valence-corrected chi connectivity index (χ0v) is 12.4. The van der Waals surface area contributed by atoms with Crippen molar-refractivity contribution < 1.29 is 4.79 Å². The fraction of sp³-hybridized carbons (Fsp3) is 0.929. The van der Waals surface area contributed by atoms with Gasteiger partial charge in [-0.25, -0.2) is 0 Å². The van der Waals surface area contributed by atoms with Gasteiger partial charge >= 0.3 is 0 Å². The Morgan fingerprint density at radius 2 is 1.76 bits per heavy atom. The van der Waals surface area contributed by atoms with E-state index in [2.05, 4.69) is 46.9 Å². The van der Waals surface area contributed by atoms with E-state index >= 15 is 0 Å². The molecule has 0 aliphatic rings. The third-order valence-corrected chi connectivity index (χ3v) is 2.85. The van der Waals surface area contributed by atoms with Crippen LogP contribution in [0.3, 0.4) is 0 Å². The second kappa shape index (κ2) is 6.39. The minimum absolute atomic E-state index is 0.0777. The minimum atomic E-state index is -0.128. The number of carbonyl (C=O) groups excluding carboxylic acids is 1. The molecule has 0 aliphatic carbocycles. The fourth-order valence-electron chi connectivity index (χ4n) is 2.15. The van der Waals surface area contributed by atoms with Crippen molar-refractivity contribution in [2.45, 2.75) is 66.3 Å². The Balaban J connectivity index is 4.45. The lowest BCUT2D eigenvalue weighted by Gasteiger charge is -2.30. The van der Waals surface area contributed by atoms with Gasteiger partial charge in [0.05, 0.1) is 5.92 Å². The van der Waals surface area contributed by atoms with Crippen LogP contribution in [0.25, 0.3) is 0 Å². The van der Waals surface area contributed by atoms with E-state index < -0.39 is 0 Å². The first-order valence-corrected chi connectivity index (χ1v) is 6.63. The molecule has 0 bridgehead atoms. The van der Waals surface area contributed by atoms with Gasteiger partial charge in [-0.1, -0.05) is 34.1 Å². The average molecular weight is 242 g/mol. The van der Waals surface area contributed by atoms with Crippen LogP contribution in [0.4, 0.5) is 0 Å². The molecule has 102 valence electrons. The first-order valence-electron chi connectivity index (χ1n) is 6.63. The molecule has 3 nitrogen and oxygen atoms in total. The lowest BCUT2D eigenvalue weighted by molar-refractivity contribution is -0.127. The first kappa shape index (κ1) is 16.4. The maximum Gasteiger partial charge on any atom is 0.224 e. The van der Waals surface area contributed by atoms with Crippen molar-refractivity contribution in [3.05, 3.63) is 0 Å². The molecule has 0 aromatic rings. The Morgan fingerprint density at radius 3 is 2.12 bits per heavy atom. The summed E-state index contributed by atoms with van der Waals surface area (Å²) in [4.78, 5) is 12.2. The summed E-state index contributed by atoms with van der Waals surface area (Å²) in [5, 5.41) is 3.11. The minimum Gasteiger partial charge on any atom is -0.351 e. The van der Waals surface area contributed by atoms with Crippen molar-refractivity contribution in [2.75, 3.05) is 6.54 Å². The molecule has 3 N–H and O–H groups in total. The standard InChI is InChI=1S/C14H30N2O/c1-7-8-14(5,6)16-12(17)11(10-15)9-13(2,3)4/h11H,7-10,15H2,1-6H3,(H,16,17). The fourth-order valence-corrected chi connectivity index (χ4v) is 2.15. The Labute approximate surface area is 107 Å². The summed E-state index contributed by atoms with van der Waals surface area (Å²) in [5.74, 6) is 0.0204.